The third kappa shape index (κ3) is 4.38. The molecule has 19 heavy (non-hydrogen) atoms. The molecule has 104 valence electrons. The van der Waals surface area contributed by atoms with Crippen LogP contribution in [0.3, 0.4) is 0 Å². The average molecular weight is 265 g/mol. The number of anilines is 2. The fourth-order valence-corrected chi connectivity index (χ4v) is 1.39. The summed E-state index contributed by atoms with van der Waals surface area (Å²) < 4.78 is 0. The molecule has 6 N–H and O–H groups in total. The first-order valence-corrected chi connectivity index (χ1v) is 5.80. The molecule has 0 aliphatic carbocycles. The van der Waals surface area contributed by atoms with E-state index in [0.717, 1.165) is 0 Å². The molecular weight excluding hydrogens is 246 g/mol. The van der Waals surface area contributed by atoms with Crippen molar-refractivity contribution in [1.82, 2.24) is 15.5 Å². The van der Waals surface area contributed by atoms with Crippen molar-refractivity contribution in [3.8, 4) is 0 Å². The Morgan fingerprint density at radius 1 is 1.16 bits per heavy atom. The number of benzene rings is 1. The first-order valence-electron chi connectivity index (χ1n) is 5.80. The number of hydrogen-bond donors (Lipinski definition) is 4. The summed E-state index contributed by atoms with van der Waals surface area (Å²) in [5, 5.41) is 5.29. The Morgan fingerprint density at radius 3 is 2.37 bits per heavy atom. The number of amides is 3. The van der Waals surface area contributed by atoms with E-state index in [9.17, 15) is 9.59 Å². The van der Waals surface area contributed by atoms with Gasteiger partial charge in [-0.1, -0.05) is 0 Å². The lowest BCUT2D eigenvalue weighted by Crippen LogP contribution is -2.39. The Hall–Kier alpha value is -2.44. The second-order valence-corrected chi connectivity index (χ2v) is 4.23. The molecule has 0 aliphatic rings. The standard InChI is InChI=1S/C12H19N5O2/c1-17(2)12(19)16-6-5-15-11(18)9-4-3-8(13)7-10(9)14/h3-4,7H,5-6,13-14H2,1-2H3,(H,15,18)(H,16,19). The molecule has 0 aliphatic heterocycles. The van der Waals surface area contributed by atoms with Crippen LogP contribution in [0.2, 0.25) is 0 Å². The Labute approximate surface area is 111 Å². The van der Waals surface area contributed by atoms with Gasteiger partial charge in [-0.15, -0.1) is 0 Å². The van der Waals surface area contributed by atoms with Crippen molar-refractivity contribution in [2.75, 3.05) is 38.7 Å². The largest absolute Gasteiger partial charge is 0.399 e. The number of nitrogens with two attached hydrogens (primary N) is 2. The lowest BCUT2D eigenvalue weighted by atomic mass is 10.1. The second-order valence-electron chi connectivity index (χ2n) is 4.23. The summed E-state index contributed by atoms with van der Waals surface area (Å²) in [7, 11) is 3.28. The number of nitrogen functional groups attached to an aromatic ring is 2. The molecule has 3 amide bonds. The molecule has 0 heterocycles. The van der Waals surface area contributed by atoms with Crippen LogP contribution >= 0.6 is 0 Å². The van der Waals surface area contributed by atoms with Crippen LogP contribution in [0.4, 0.5) is 16.2 Å². The number of hydrogen-bond acceptors (Lipinski definition) is 4. The molecule has 1 rings (SSSR count). The minimum absolute atomic E-state index is 0.207. The summed E-state index contributed by atoms with van der Waals surface area (Å²) in [5.74, 6) is -0.295. The van der Waals surface area contributed by atoms with E-state index in [1.165, 1.54) is 11.0 Å². The first-order chi connectivity index (χ1) is 8.91. The number of nitrogens with zero attached hydrogens (tertiary/aromatic N) is 1. The average Bonchev–Trinajstić information content (AvgIpc) is 2.33. The summed E-state index contributed by atoms with van der Waals surface area (Å²) in [6.07, 6.45) is 0. The maximum absolute atomic E-state index is 11.8. The van der Waals surface area contributed by atoms with E-state index in [1.54, 1.807) is 26.2 Å². The fraction of sp³-hybridized carbons (Fsp3) is 0.333. The molecule has 1 aromatic carbocycles. The molecule has 7 nitrogen and oxygen atoms in total. The van der Waals surface area contributed by atoms with Gasteiger partial charge >= 0.3 is 6.03 Å². The van der Waals surface area contributed by atoms with Crippen molar-refractivity contribution in [1.29, 1.82) is 0 Å². The van der Waals surface area contributed by atoms with Crippen LogP contribution in [0.25, 0.3) is 0 Å². The van der Waals surface area contributed by atoms with Gasteiger partial charge in [-0.05, 0) is 18.2 Å². The maximum atomic E-state index is 11.8. The summed E-state index contributed by atoms with van der Waals surface area (Å²) in [6, 6.07) is 4.50. The molecule has 0 aromatic heterocycles. The molecule has 0 spiro atoms. The molecule has 0 fully saturated rings. The molecule has 0 saturated heterocycles. The van der Waals surface area contributed by atoms with Gasteiger partial charge in [-0.2, -0.15) is 0 Å². The molecule has 7 heteroatoms. The van der Waals surface area contributed by atoms with Gasteiger partial charge in [0.1, 0.15) is 0 Å². The van der Waals surface area contributed by atoms with Gasteiger partial charge < -0.3 is 27.0 Å². The highest BCUT2D eigenvalue weighted by molar-refractivity contribution is 5.99. The zero-order valence-corrected chi connectivity index (χ0v) is 11.1. The highest BCUT2D eigenvalue weighted by Crippen LogP contribution is 2.15. The predicted octanol–water partition coefficient (Wildman–Crippen LogP) is -0.148. The number of nitrogens with one attached hydrogen (secondary N) is 2. The minimum Gasteiger partial charge on any atom is -0.399 e. The van der Waals surface area contributed by atoms with Gasteiger partial charge in [-0.25, -0.2) is 4.79 Å². The zero-order valence-electron chi connectivity index (χ0n) is 11.1. The third-order valence-electron chi connectivity index (χ3n) is 2.41. The van der Waals surface area contributed by atoms with Crippen molar-refractivity contribution in [2.45, 2.75) is 0 Å². The quantitative estimate of drug-likeness (QED) is 0.448. The van der Waals surface area contributed by atoms with Crippen LogP contribution in [0.1, 0.15) is 10.4 Å². The van der Waals surface area contributed by atoms with Crippen LogP contribution in [0.5, 0.6) is 0 Å². The van der Waals surface area contributed by atoms with E-state index in [4.69, 9.17) is 11.5 Å². The Morgan fingerprint density at radius 2 is 1.79 bits per heavy atom. The van der Waals surface area contributed by atoms with Crippen LogP contribution in [-0.4, -0.2) is 44.0 Å². The minimum atomic E-state index is -0.295. The van der Waals surface area contributed by atoms with Crippen LogP contribution < -0.4 is 22.1 Å². The Balaban J connectivity index is 2.41. The smallest absolute Gasteiger partial charge is 0.316 e. The van der Waals surface area contributed by atoms with Gasteiger partial charge in [0.2, 0.25) is 0 Å². The van der Waals surface area contributed by atoms with E-state index in [1.807, 2.05) is 0 Å². The number of rotatable bonds is 4. The van der Waals surface area contributed by atoms with Crippen molar-refractivity contribution in [3.05, 3.63) is 23.8 Å². The number of carbonyl (C=O) groups is 2. The molecular formula is C12H19N5O2. The topological polar surface area (TPSA) is 113 Å². The molecule has 0 radical (unpaired) electrons. The molecule has 0 unspecified atom stereocenters. The summed E-state index contributed by atoms with van der Waals surface area (Å²) in [6.45, 7) is 0.667. The van der Waals surface area contributed by atoms with Crippen molar-refractivity contribution in [2.24, 2.45) is 0 Å². The third-order valence-corrected chi connectivity index (χ3v) is 2.41. The van der Waals surface area contributed by atoms with Crippen molar-refractivity contribution in [3.63, 3.8) is 0 Å². The van der Waals surface area contributed by atoms with Crippen LogP contribution in [0, 0.1) is 0 Å². The fourth-order valence-electron chi connectivity index (χ4n) is 1.39. The second kappa shape index (κ2) is 6.48. The molecule has 0 atom stereocenters. The van der Waals surface area contributed by atoms with E-state index in [-0.39, 0.29) is 11.9 Å². The van der Waals surface area contributed by atoms with Crippen LogP contribution in [0.15, 0.2) is 18.2 Å². The first kappa shape index (κ1) is 14.6. The van der Waals surface area contributed by atoms with E-state index >= 15 is 0 Å². The van der Waals surface area contributed by atoms with Gasteiger partial charge in [0.05, 0.1) is 5.56 Å². The zero-order chi connectivity index (χ0) is 14.4. The van der Waals surface area contributed by atoms with Crippen molar-refractivity contribution < 1.29 is 9.59 Å². The van der Waals surface area contributed by atoms with Gasteiger partial charge in [0.25, 0.3) is 5.91 Å². The van der Waals surface area contributed by atoms with Gasteiger partial charge in [-0.3, -0.25) is 4.79 Å². The van der Waals surface area contributed by atoms with Crippen molar-refractivity contribution >= 4 is 23.3 Å². The predicted molar refractivity (Wildman–Crippen MR) is 74.7 cm³/mol. The normalized spacial score (nSPS) is 9.79. The van der Waals surface area contributed by atoms with E-state index < -0.39 is 0 Å². The highest BCUT2D eigenvalue weighted by Gasteiger charge is 2.09. The Kier molecular flexibility index (Phi) is 4.99. The molecule has 1 aromatic rings. The van der Waals surface area contributed by atoms with Gasteiger partial charge in [0.15, 0.2) is 0 Å². The monoisotopic (exact) mass is 265 g/mol. The number of urea groups is 1. The summed E-state index contributed by atoms with van der Waals surface area (Å²) in [4.78, 5) is 24.4. The van der Waals surface area contributed by atoms with E-state index in [2.05, 4.69) is 10.6 Å². The van der Waals surface area contributed by atoms with Crippen LogP contribution in [-0.2, 0) is 0 Å². The molecule has 0 bridgehead atoms. The Bertz CT molecular complexity index is 473. The lowest BCUT2D eigenvalue weighted by molar-refractivity contribution is 0.0954. The SMILES string of the molecule is CN(C)C(=O)NCCNC(=O)c1ccc(N)cc1N. The summed E-state index contributed by atoms with van der Waals surface area (Å²) in [5.41, 5.74) is 12.4. The summed E-state index contributed by atoms with van der Waals surface area (Å²) >= 11 is 0. The highest BCUT2D eigenvalue weighted by atomic mass is 16.2. The number of carbonyl (C=O) groups excluding carboxylic acids is 2. The lowest BCUT2D eigenvalue weighted by Gasteiger charge is -2.12. The van der Waals surface area contributed by atoms with E-state index in [0.29, 0.717) is 30.0 Å². The van der Waals surface area contributed by atoms with Gasteiger partial charge in [0, 0.05) is 38.6 Å². The maximum Gasteiger partial charge on any atom is 0.316 e. The molecule has 0 saturated carbocycles.